The van der Waals surface area contributed by atoms with Crippen LogP contribution in [-0.4, -0.2) is 18.1 Å². The van der Waals surface area contributed by atoms with Gasteiger partial charge in [0.25, 0.3) is 0 Å². The Bertz CT molecular complexity index is 391. The first kappa shape index (κ1) is 16.6. The molecule has 1 heterocycles. The summed E-state index contributed by atoms with van der Waals surface area (Å²) in [5.41, 5.74) is 6.46. The van der Waals surface area contributed by atoms with Crippen molar-refractivity contribution in [1.82, 2.24) is 4.98 Å². The maximum absolute atomic E-state index is 5.87. The fraction of sp³-hybridized carbons (Fsp3) is 0.688. The Balaban J connectivity index is 2.40. The molecule has 0 aliphatic rings. The molecule has 1 aromatic rings. The lowest BCUT2D eigenvalue weighted by atomic mass is 10.1. The van der Waals surface area contributed by atoms with Crippen molar-refractivity contribution in [3.05, 3.63) is 12.1 Å². The summed E-state index contributed by atoms with van der Waals surface area (Å²) in [5.74, 6) is 2.61. The monoisotopic (exact) mass is 279 g/mol. The number of nitrogens with one attached hydrogen (secondary N) is 1. The zero-order chi connectivity index (χ0) is 15.0. The molecule has 0 aliphatic carbocycles. The second-order valence-corrected chi connectivity index (χ2v) is 6.11. The smallest absolute Gasteiger partial charge is 0.239 e. The largest absolute Gasteiger partial charge is 0.476 e. The van der Waals surface area contributed by atoms with E-state index in [0.29, 0.717) is 24.1 Å². The number of pyridine rings is 1. The van der Waals surface area contributed by atoms with Gasteiger partial charge in [0.1, 0.15) is 5.82 Å². The van der Waals surface area contributed by atoms with Crippen LogP contribution in [0.1, 0.15) is 47.0 Å². The van der Waals surface area contributed by atoms with Crippen molar-refractivity contribution in [2.24, 2.45) is 11.8 Å². The molecule has 20 heavy (non-hydrogen) atoms. The van der Waals surface area contributed by atoms with Crippen LogP contribution in [0.2, 0.25) is 0 Å². The molecule has 0 spiro atoms. The molecular weight excluding hydrogens is 250 g/mol. The molecule has 1 rings (SSSR count). The predicted molar refractivity (Wildman–Crippen MR) is 86.2 cm³/mol. The van der Waals surface area contributed by atoms with Gasteiger partial charge in [0.15, 0.2) is 0 Å². The van der Waals surface area contributed by atoms with Crippen LogP contribution in [0.4, 0.5) is 11.5 Å². The van der Waals surface area contributed by atoms with Gasteiger partial charge < -0.3 is 15.8 Å². The number of nitrogens with two attached hydrogens (primary N) is 1. The highest BCUT2D eigenvalue weighted by Gasteiger charge is 2.05. The van der Waals surface area contributed by atoms with Crippen molar-refractivity contribution in [2.75, 3.05) is 24.2 Å². The van der Waals surface area contributed by atoms with Crippen LogP contribution >= 0.6 is 0 Å². The van der Waals surface area contributed by atoms with Crippen LogP contribution in [0.3, 0.4) is 0 Å². The van der Waals surface area contributed by atoms with Gasteiger partial charge in [-0.15, -0.1) is 0 Å². The van der Waals surface area contributed by atoms with Crippen molar-refractivity contribution in [2.45, 2.75) is 47.0 Å². The van der Waals surface area contributed by atoms with Crippen LogP contribution in [0.25, 0.3) is 0 Å². The second kappa shape index (κ2) is 8.67. The Morgan fingerprint density at radius 1 is 1.15 bits per heavy atom. The van der Waals surface area contributed by atoms with E-state index in [1.807, 2.05) is 12.1 Å². The second-order valence-electron chi connectivity index (χ2n) is 6.11. The molecule has 3 N–H and O–H groups in total. The molecule has 1 aromatic heterocycles. The minimum atomic E-state index is 0.462. The fourth-order valence-corrected chi connectivity index (χ4v) is 1.80. The summed E-state index contributed by atoms with van der Waals surface area (Å²) in [5, 5.41) is 3.33. The topological polar surface area (TPSA) is 60.2 Å². The number of nitrogen functional groups attached to an aromatic ring is 1. The number of hydrogen-bond donors (Lipinski definition) is 2. The van der Waals surface area contributed by atoms with Crippen molar-refractivity contribution in [3.63, 3.8) is 0 Å². The van der Waals surface area contributed by atoms with Crippen LogP contribution in [-0.2, 0) is 0 Å². The summed E-state index contributed by atoms with van der Waals surface area (Å²) in [6, 6.07) is 3.75. The molecule has 114 valence electrons. The summed E-state index contributed by atoms with van der Waals surface area (Å²) in [4.78, 5) is 4.42. The zero-order valence-corrected chi connectivity index (χ0v) is 13.3. The average molecular weight is 279 g/mol. The van der Waals surface area contributed by atoms with Gasteiger partial charge in [-0.1, -0.05) is 40.5 Å². The molecule has 0 aromatic carbocycles. The van der Waals surface area contributed by atoms with Gasteiger partial charge in [-0.3, -0.25) is 0 Å². The molecule has 0 bridgehead atoms. The Labute approximate surface area is 123 Å². The van der Waals surface area contributed by atoms with Gasteiger partial charge >= 0.3 is 0 Å². The summed E-state index contributed by atoms with van der Waals surface area (Å²) in [7, 11) is 0. The third kappa shape index (κ3) is 6.64. The molecule has 0 saturated heterocycles. The Morgan fingerprint density at radius 3 is 2.55 bits per heavy atom. The normalized spacial score (nSPS) is 11.1. The standard InChI is InChI=1S/C16H29N3O/c1-12(2)7-5-6-10-18-15-9-8-14(17)16(19-15)20-11-13(3)4/h8-9,12-13H,5-7,10-11,17H2,1-4H3,(H,18,19). The van der Waals surface area contributed by atoms with Crippen molar-refractivity contribution in [1.29, 1.82) is 0 Å². The first-order valence-electron chi connectivity index (χ1n) is 7.62. The van der Waals surface area contributed by atoms with Crippen LogP contribution < -0.4 is 15.8 Å². The Morgan fingerprint density at radius 2 is 1.90 bits per heavy atom. The van der Waals surface area contributed by atoms with Crippen LogP contribution in [0.5, 0.6) is 5.88 Å². The number of unbranched alkanes of at least 4 members (excludes halogenated alkanes) is 1. The molecular formula is C16H29N3O. The fourth-order valence-electron chi connectivity index (χ4n) is 1.80. The highest BCUT2D eigenvalue weighted by Crippen LogP contribution is 2.21. The summed E-state index contributed by atoms with van der Waals surface area (Å²) < 4.78 is 5.62. The Hall–Kier alpha value is -1.45. The van der Waals surface area contributed by atoms with Crippen LogP contribution in [0.15, 0.2) is 12.1 Å². The molecule has 4 heteroatoms. The molecule has 0 radical (unpaired) electrons. The minimum Gasteiger partial charge on any atom is -0.476 e. The van der Waals surface area contributed by atoms with E-state index < -0.39 is 0 Å². The van der Waals surface area contributed by atoms with E-state index in [1.54, 1.807) is 0 Å². The number of hydrogen-bond acceptors (Lipinski definition) is 4. The maximum Gasteiger partial charge on any atom is 0.239 e. The molecule has 0 unspecified atom stereocenters. The molecule has 0 atom stereocenters. The lowest BCUT2D eigenvalue weighted by Gasteiger charge is -2.12. The van der Waals surface area contributed by atoms with E-state index in [1.165, 1.54) is 12.8 Å². The van der Waals surface area contributed by atoms with E-state index >= 15 is 0 Å². The van der Waals surface area contributed by atoms with Crippen LogP contribution in [0, 0.1) is 11.8 Å². The predicted octanol–water partition coefficient (Wildman–Crippen LogP) is 3.94. The van der Waals surface area contributed by atoms with Gasteiger partial charge in [0, 0.05) is 6.54 Å². The quantitative estimate of drug-likeness (QED) is 0.672. The van der Waals surface area contributed by atoms with Gasteiger partial charge in [0.05, 0.1) is 12.3 Å². The SMILES string of the molecule is CC(C)CCCCNc1ccc(N)c(OCC(C)C)n1. The van der Waals surface area contributed by atoms with E-state index in [-0.39, 0.29) is 0 Å². The highest BCUT2D eigenvalue weighted by molar-refractivity contribution is 5.53. The minimum absolute atomic E-state index is 0.462. The molecule has 0 amide bonds. The third-order valence-corrected chi connectivity index (χ3v) is 2.96. The average Bonchev–Trinajstić information content (AvgIpc) is 2.38. The number of nitrogens with zero attached hydrogens (tertiary/aromatic N) is 1. The molecule has 0 fully saturated rings. The van der Waals surface area contributed by atoms with Crippen molar-refractivity contribution in [3.8, 4) is 5.88 Å². The lowest BCUT2D eigenvalue weighted by molar-refractivity contribution is 0.263. The van der Waals surface area contributed by atoms with E-state index in [9.17, 15) is 0 Å². The number of ether oxygens (including phenoxy) is 1. The van der Waals surface area contributed by atoms with E-state index in [2.05, 4.69) is 38.0 Å². The first-order valence-corrected chi connectivity index (χ1v) is 7.62. The molecule has 4 nitrogen and oxygen atoms in total. The summed E-state index contributed by atoms with van der Waals surface area (Å²) in [6.07, 6.45) is 3.68. The zero-order valence-electron chi connectivity index (χ0n) is 13.3. The third-order valence-electron chi connectivity index (χ3n) is 2.96. The van der Waals surface area contributed by atoms with Gasteiger partial charge in [-0.2, -0.15) is 4.98 Å². The number of rotatable bonds is 9. The Kier molecular flexibility index (Phi) is 7.20. The number of aromatic nitrogens is 1. The summed E-state index contributed by atoms with van der Waals surface area (Å²) in [6.45, 7) is 10.3. The van der Waals surface area contributed by atoms with E-state index in [4.69, 9.17) is 10.5 Å². The number of anilines is 2. The summed E-state index contributed by atoms with van der Waals surface area (Å²) >= 11 is 0. The van der Waals surface area contributed by atoms with Crippen molar-refractivity contribution < 1.29 is 4.74 Å². The maximum atomic E-state index is 5.87. The van der Waals surface area contributed by atoms with Gasteiger partial charge in [0.2, 0.25) is 5.88 Å². The van der Waals surface area contributed by atoms with Crippen molar-refractivity contribution >= 4 is 11.5 Å². The van der Waals surface area contributed by atoms with Gasteiger partial charge in [-0.05, 0) is 30.4 Å². The highest BCUT2D eigenvalue weighted by atomic mass is 16.5. The first-order chi connectivity index (χ1) is 9.49. The van der Waals surface area contributed by atoms with Gasteiger partial charge in [-0.25, -0.2) is 0 Å². The lowest BCUT2D eigenvalue weighted by Crippen LogP contribution is -2.09. The molecule has 0 saturated carbocycles. The molecule has 0 aliphatic heterocycles. The van der Waals surface area contributed by atoms with E-state index in [0.717, 1.165) is 24.7 Å².